The number of allylic oxidation sites excluding steroid dienone is 1. The van der Waals surface area contributed by atoms with E-state index >= 15 is 0 Å². The summed E-state index contributed by atoms with van der Waals surface area (Å²) < 4.78 is 17.1. The number of rotatable bonds is 15. The molecule has 2 rings (SSSR count). The molecular weight excluding hydrogens is 380 g/mol. The Morgan fingerprint density at radius 2 is 1.60 bits per heavy atom. The fraction of sp³-hybridized carbons (Fsp3) is 0.560. The highest BCUT2D eigenvalue weighted by atomic mass is 16.5. The highest BCUT2D eigenvalue weighted by molar-refractivity contribution is 5.86. The number of benzene rings is 1. The van der Waals surface area contributed by atoms with Crippen molar-refractivity contribution in [1.82, 2.24) is 0 Å². The number of phenolic OH excluding ortho intramolecular Hbond substituents is 1. The number of unbranched alkanes of at least 4 members (excludes halogenated alkanes) is 7. The first kappa shape index (κ1) is 23.8. The third-order valence-electron chi connectivity index (χ3n) is 4.98. The summed E-state index contributed by atoms with van der Waals surface area (Å²) in [4.78, 5) is 12.5. The third kappa shape index (κ3) is 7.77. The van der Waals surface area contributed by atoms with Gasteiger partial charge in [-0.1, -0.05) is 70.9 Å². The van der Waals surface area contributed by atoms with Gasteiger partial charge in [-0.2, -0.15) is 0 Å². The van der Waals surface area contributed by atoms with Gasteiger partial charge in [-0.05, 0) is 31.4 Å². The van der Waals surface area contributed by atoms with Gasteiger partial charge in [0.15, 0.2) is 5.75 Å². The van der Waals surface area contributed by atoms with E-state index in [9.17, 15) is 9.90 Å². The number of phenols is 1. The predicted octanol–water partition coefficient (Wildman–Crippen LogP) is 6.75. The second-order valence-corrected chi connectivity index (χ2v) is 7.57. The SMILES string of the molecule is CC/C=C/CCOc1c(OCCCCCCCCCC)c(=O)oc2cc(O)ccc12. The highest BCUT2D eigenvalue weighted by Gasteiger charge is 2.18. The van der Waals surface area contributed by atoms with Crippen LogP contribution in [-0.4, -0.2) is 18.3 Å². The first-order valence-electron chi connectivity index (χ1n) is 11.4. The molecule has 30 heavy (non-hydrogen) atoms. The lowest BCUT2D eigenvalue weighted by molar-refractivity contribution is 0.256. The Kier molecular flexibility index (Phi) is 10.9. The van der Waals surface area contributed by atoms with Crippen LogP contribution >= 0.6 is 0 Å². The first-order chi connectivity index (χ1) is 14.7. The van der Waals surface area contributed by atoms with E-state index in [0.29, 0.717) is 29.9 Å². The minimum atomic E-state index is -0.577. The van der Waals surface area contributed by atoms with Gasteiger partial charge in [0.1, 0.15) is 11.3 Å². The van der Waals surface area contributed by atoms with Crippen molar-refractivity contribution in [3.8, 4) is 17.2 Å². The van der Waals surface area contributed by atoms with E-state index in [1.54, 1.807) is 12.1 Å². The van der Waals surface area contributed by atoms with Crippen molar-refractivity contribution in [2.45, 2.75) is 78.1 Å². The van der Waals surface area contributed by atoms with Crippen molar-refractivity contribution in [1.29, 1.82) is 0 Å². The quantitative estimate of drug-likeness (QED) is 0.197. The topological polar surface area (TPSA) is 68.9 Å². The minimum Gasteiger partial charge on any atom is -0.508 e. The fourth-order valence-corrected chi connectivity index (χ4v) is 3.34. The van der Waals surface area contributed by atoms with Crippen LogP contribution in [0, 0.1) is 0 Å². The maximum absolute atomic E-state index is 12.5. The molecule has 1 N–H and O–H groups in total. The van der Waals surface area contributed by atoms with Crippen molar-refractivity contribution in [2.24, 2.45) is 0 Å². The Hall–Kier alpha value is -2.43. The van der Waals surface area contributed by atoms with E-state index < -0.39 is 5.63 Å². The van der Waals surface area contributed by atoms with E-state index in [1.165, 1.54) is 44.6 Å². The van der Waals surface area contributed by atoms with Crippen LogP contribution in [0.25, 0.3) is 11.0 Å². The van der Waals surface area contributed by atoms with Crippen LogP contribution in [0.15, 0.2) is 39.6 Å². The Bertz CT molecular complexity index is 837. The predicted molar refractivity (Wildman–Crippen MR) is 122 cm³/mol. The summed E-state index contributed by atoms with van der Waals surface area (Å²) in [6, 6.07) is 4.66. The second-order valence-electron chi connectivity index (χ2n) is 7.57. The number of aromatic hydroxyl groups is 1. The van der Waals surface area contributed by atoms with E-state index in [-0.39, 0.29) is 11.5 Å². The molecule has 0 fully saturated rings. The maximum atomic E-state index is 12.5. The van der Waals surface area contributed by atoms with Gasteiger partial charge >= 0.3 is 5.63 Å². The molecule has 0 unspecified atom stereocenters. The number of ether oxygens (including phenoxy) is 2. The molecule has 0 saturated carbocycles. The summed E-state index contributed by atoms with van der Waals surface area (Å²) >= 11 is 0. The van der Waals surface area contributed by atoms with Gasteiger partial charge < -0.3 is 19.0 Å². The Balaban J connectivity index is 1.99. The van der Waals surface area contributed by atoms with Crippen molar-refractivity contribution < 1.29 is 19.0 Å². The summed E-state index contributed by atoms with van der Waals surface area (Å²) in [5.74, 6) is 0.552. The molecule has 0 atom stereocenters. The van der Waals surface area contributed by atoms with Gasteiger partial charge in [-0.25, -0.2) is 4.79 Å². The molecule has 0 radical (unpaired) electrons. The first-order valence-corrected chi connectivity index (χ1v) is 11.4. The molecular formula is C25H36O5. The van der Waals surface area contributed by atoms with Crippen molar-refractivity contribution in [3.63, 3.8) is 0 Å². The fourth-order valence-electron chi connectivity index (χ4n) is 3.34. The summed E-state index contributed by atoms with van der Waals surface area (Å²) in [6.45, 7) is 5.19. The largest absolute Gasteiger partial charge is 0.508 e. The van der Waals surface area contributed by atoms with Gasteiger partial charge in [0, 0.05) is 6.07 Å². The van der Waals surface area contributed by atoms with Gasteiger partial charge in [-0.15, -0.1) is 0 Å². The highest BCUT2D eigenvalue weighted by Crippen LogP contribution is 2.34. The molecule has 0 aliphatic rings. The average molecular weight is 417 g/mol. The zero-order valence-corrected chi connectivity index (χ0v) is 18.5. The van der Waals surface area contributed by atoms with Crippen molar-refractivity contribution in [3.05, 3.63) is 40.8 Å². The molecule has 0 amide bonds. The zero-order chi connectivity index (χ0) is 21.6. The van der Waals surface area contributed by atoms with Crippen LogP contribution < -0.4 is 15.1 Å². The number of hydrogen-bond acceptors (Lipinski definition) is 5. The summed E-state index contributed by atoms with van der Waals surface area (Å²) in [6.07, 6.45) is 15.4. The molecule has 0 aliphatic carbocycles. The van der Waals surface area contributed by atoms with Gasteiger partial charge in [0.2, 0.25) is 5.75 Å². The van der Waals surface area contributed by atoms with Crippen LogP contribution in [-0.2, 0) is 0 Å². The van der Waals surface area contributed by atoms with E-state index in [0.717, 1.165) is 25.7 Å². The molecule has 2 aromatic rings. The molecule has 1 aromatic carbocycles. The van der Waals surface area contributed by atoms with E-state index in [1.807, 2.05) is 0 Å². The summed E-state index contributed by atoms with van der Waals surface area (Å²) in [7, 11) is 0. The van der Waals surface area contributed by atoms with Gasteiger partial charge in [0.05, 0.1) is 18.6 Å². The third-order valence-corrected chi connectivity index (χ3v) is 4.98. The van der Waals surface area contributed by atoms with Crippen LogP contribution in [0.3, 0.4) is 0 Å². The molecule has 0 aliphatic heterocycles. The molecule has 0 spiro atoms. The number of fused-ring (bicyclic) bond motifs is 1. The molecule has 166 valence electrons. The minimum absolute atomic E-state index is 0.0371. The molecule has 5 heteroatoms. The lowest BCUT2D eigenvalue weighted by atomic mass is 10.1. The van der Waals surface area contributed by atoms with Crippen LogP contribution in [0.5, 0.6) is 17.2 Å². The maximum Gasteiger partial charge on any atom is 0.383 e. The van der Waals surface area contributed by atoms with E-state index in [2.05, 4.69) is 26.0 Å². The molecule has 1 heterocycles. The van der Waals surface area contributed by atoms with Crippen LogP contribution in [0.1, 0.15) is 78.1 Å². The van der Waals surface area contributed by atoms with Crippen molar-refractivity contribution in [2.75, 3.05) is 13.2 Å². The Morgan fingerprint density at radius 1 is 0.900 bits per heavy atom. The zero-order valence-electron chi connectivity index (χ0n) is 18.5. The van der Waals surface area contributed by atoms with Crippen LogP contribution in [0.2, 0.25) is 0 Å². The molecule has 0 saturated heterocycles. The monoisotopic (exact) mass is 416 g/mol. The average Bonchev–Trinajstić information content (AvgIpc) is 2.73. The van der Waals surface area contributed by atoms with Crippen molar-refractivity contribution >= 4 is 11.0 Å². The Morgan fingerprint density at radius 3 is 2.33 bits per heavy atom. The lowest BCUT2D eigenvalue weighted by Crippen LogP contribution is -2.11. The number of hydrogen-bond donors (Lipinski definition) is 1. The second kappa shape index (κ2) is 13.7. The molecule has 5 nitrogen and oxygen atoms in total. The molecule has 0 bridgehead atoms. The van der Waals surface area contributed by atoms with Crippen LogP contribution in [0.4, 0.5) is 0 Å². The normalized spacial score (nSPS) is 11.4. The van der Waals surface area contributed by atoms with Gasteiger partial charge in [-0.3, -0.25) is 0 Å². The van der Waals surface area contributed by atoms with Gasteiger partial charge in [0.25, 0.3) is 0 Å². The summed E-state index contributed by atoms with van der Waals surface area (Å²) in [5.41, 5.74) is -0.287. The lowest BCUT2D eigenvalue weighted by Gasteiger charge is -2.13. The Labute approximate surface area is 179 Å². The molecule has 1 aromatic heterocycles. The summed E-state index contributed by atoms with van der Waals surface area (Å²) in [5, 5.41) is 10.3. The smallest absolute Gasteiger partial charge is 0.383 e. The van der Waals surface area contributed by atoms with E-state index in [4.69, 9.17) is 13.9 Å². The standard InChI is InChI=1S/C25H36O5/c1-3-5-7-9-10-11-12-14-18-29-24-23(28-17-13-8-6-4-2)21-16-15-20(26)19-22(21)30-25(24)27/h6,8,15-16,19,26H,3-5,7,9-14,17-18H2,1-2H3/b8-6+.